The second-order valence-corrected chi connectivity index (χ2v) is 7.83. The number of benzene rings is 4. The van der Waals surface area contributed by atoms with Gasteiger partial charge in [0.1, 0.15) is 0 Å². The highest BCUT2D eigenvalue weighted by atomic mass is 19.4. The van der Waals surface area contributed by atoms with Crippen molar-refractivity contribution in [3.8, 4) is 11.1 Å². The number of aliphatic carboxylic acids is 1. The Hall–Kier alpha value is -4.43. The van der Waals surface area contributed by atoms with Crippen LogP contribution in [0.4, 0.5) is 24.5 Å². The van der Waals surface area contributed by atoms with Crippen LogP contribution in [0.15, 0.2) is 115 Å². The van der Waals surface area contributed by atoms with Gasteiger partial charge in [-0.15, -0.1) is 0 Å². The van der Waals surface area contributed by atoms with E-state index in [1.165, 1.54) is 16.7 Å². The number of carboxylic acids is 1. The molecule has 0 aliphatic heterocycles. The van der Waals surface area contributed by atoms with Gasteiger partial charge in [0.2, 0.25) is 5.91 Å². The predicted octanol–water partition coefficient (Wildman–Crippen LogP) is 6.44. The Kier molecular flexibility index (Phi) is 9.57. The molecule has 0 atom stereocenters. The molecule has 0 bridgehead atoms. The number of rotatable bonds is 7. The van der Waals surface area contributed by atoms with Crippen molar-refractivity contribution in [1.82, 2.24) is 5.32 Å². The van der Waals surface area contributed by atoms with E-state index >= 15 is 0 Å². The largest absolute Gasteiger partial charge is 0.490 e. The molecule has 0 fully saturated rings. The molecule has 0 heterocycles. The van der Waals surface area contributed by atoms with Crippen LogP contribution in [-0.2, 0) is 16.1 Å². The van der Waals surface area contributed by atoms with Crippen molar-refractivity contribution in [3.05, 3.63) is 121 Å². The molecule has 0 spiro atoms. The van der Waals surface area contributed by atoms with Gasteiger partial charge >= 0.3 is 12.1 Å². The molecule has 0 radical (unpaired) electrons. The van der Waals surface area contributed by atoms with E-state index in [2.05, 4.69) is 29.6 Å². The van der Waals surface area contributed by atoms with Gasteiger partial charge in [-0.05, 0) is 41.0 Å². The number of alkyl halides is 3. The molecule has 0 aliphatic rings. The summed E-state index contributed by atoms with van der Waals surface area (Å²) in [5.41, 5.74) is 5.25. The first-order chi connectivity index (χ1) is 17.8. The lowest BCUT2D eigenvalue weighted by atomic mass is 10.00. The van der Waals surface area contributed by atoms with Crippen LogP contribution in [0, 0.1) is 0 Å². The third kappa shape index (κ3) is 8.05. The smallest absolute Gasteiger partial charge is 0.475 e. The van der Waals surface area contributed by atoms with Gasteiger partial charge < -0.3 is 10.4 Å². The van der Waals surface area contributed by atoms with E-state index in [0.717, 1.165) is 11.4 Å². The monoisotopic (exact) mass is 506 g/mol. The summed E-state index contributed by atoms with van der Waals surface area (Å²) in [5, 5.41) is 10.5. The number of nitrogens with one attached hydrogen (secondary N) is 1. The highest BCUT2D eigenvalue weighted by molar-refractivity contribution is 6.01. The lowest BCUT2D eigenvalue weighted by molar-refractivity contribution is -0.192. The SMILES string of the molecule is O=C(CNCc1ccccc1-c1ccccc1)N(c1ccccc1)c1ccccc1.O=C(O)C(F)(F)F. The minimum atomic E-state index is -5.08. The molecule has 4 aromatic carbocycles. The van der Waals surface area contributed by atoms with Gasteiger partial charge in [0.25, 0.3) is 0 Å². The van der Waals surface area contributed by atoms with Gasteiger partial charge in [-0.2, -0.15) is 13.2 Å². The van der Waals surface area contributed by atoms with Crippen LogP contribution in [-0.4, -0.2) is 29.7 Å². The Morgan fingerprint density at radius 3 is 1.62 bits per heavy atom. The number of hydrogen-bond acceptors (Lipinski definition) is 3. The van der Waals surface area contributed by atoms with Crippen LogP contribution in [0.3, 0.4) is 0 Å². The Bertz CT molecular complexity index is 1240. The van der Waals surface area contributed by atoms with Crippen molar-refractivity contribution in [3.63, 3.8) is 0 Å². The molecule has 0 unspecified atom stereocenters. The molecule has 8 heteroatoms. The van der Waals surface area contributed by atoms with E-state index in [-0.39, 0.29) is 12.5 Å². The average molecular weight is 507 g/mol. The fourth-order valence-electron chi connectivity index (χ4n) is 3.55. The Morgan fingerprint density at radius 2 is 1.14 bits per heavy atom. The number of hydrogen-bond donors (Lipinski definition) is 2. The molecular weight excluding hydrogens is 481 g/mol. The first-order valence-corrected chi connectivity index (χ1v) is 11.3. The Labute approximate surface area is 212 Å². The van der Waals surface area contributed by atoms with E-state index in [9.17, 15) is 18.0 Å². The van der Waals surface area contributed by atoms with Crippen molar-refractivity contribution in [2.75, 3.05) is 11.4 Å². The van der Waals surface area contributed by atoms with Crippen molar-refractivity contribution in [2.24, 2.45) is 0 Å². The summed E-state index contributed by atoms with van der Waals surface area (Å²) in [5.74, 6) is -2.75. The topological polar surface area (TPSA) is 69.6 Å². The molecule has 4 rings (SSSR count). The molecular formula is C29H25F3N2O3. The number of anilines is 2. The van der Waals surface area contributed by atoms with Crippen molar-refractivity contribution in [2.45, 2.75) is 12.7 Å². The number of para-hydroxylation sites is 2. The quantitative estimate of drug-likeness (QED) is 0.303. The van der Waals surface area contributed by atoms with E-state index in [1.54, 1.807) is 4.90 Å². The third-order valence-corrected chi connectivity index (χ3v) is 5.21. The molecule has 0 aliphatic carbocycles. The van der Waals surface area contributed by atoms with Gasteiger partial charge in [0, 0.05) is 17.9 Å². The van der Waals surface area contributed by atoms with Crippen LogP contribution >= 0.6 is 0 Å². The zero-order chi connectivity index (χ0) is 26.7. The van der Waals surface area contributed by atoms with Gasteiger partial charge in [-0.3, -0.25) is 9.69 Å². The lowest BCUT2D eigenvalue weighted by Crippen LogP contribution is -2.35. The number of carbonyl (C=O) groups excluding carboxylic acids is 1. The fraction of sp³-hybridized carbons (Fsp3) is 0.103. The van der Waals surface area contributed by atoms with Crippen LogP contribution in [0.5, 0.6) is 0 Å². The standard InChI is InChI=1S/C27H24N2O.C2HF3O2/c30-27(29(24-15-6-2-7-16-24)25-17-8-3-9-18-25)21-28-20-23-14-10-11-19-26(23)22-12-4-1-5-13-22;3-2(4,5)1(6)7/h1-19,28H,20-21H2;(H,6,7). The number of carbonyl (C=O) groups is 2. The number of carboxylic acid groups (broad SMARTS) is 1. The van der Waals surface area contributed by atoms with Crippen molar-refractivity contribution < 1.29 is 27.9 Å². The molecule has 5 nitrogen and oxygen atoms in total. The molecule has 0 aromatic heterocycles. The molecule has 37 heavy (non-hydrogen) atoms. The molecule has 1 amide bonds. The summed E-state index contributed by atoms with van der Waals surface area (Å²) < 4.78 is 31.7. The Balaban J connectivity index is 0.000000479. The number of halogens is 3. The highest BCUT2D eigenvalue weighted by Crippen LogP contribution is 2.26. The molecule has 2 N–H and O–H groups in total. The summed E-state index contributed by atoms with van der Waals surface area (Å²) in [6.45, 7) is 0.862. The normalized spacial score (nSPS) is 10.7. The third-order valence-electron chi connectivity index (χ3n) is 5.21. The summed E-state index contributed by atoms with van der Waals surface area (Å²) in [6, 6.07) is 38.1. The maximum Gasteiger partial charge on any atom is 0.490 e. The zero-order valence-corrected chi connectivity index (χ0v) is 19.7. The molecule has 0 saturated heterocycles. The molecule has 4 aromatic rings. The van der Waals surface area contributed by atoms with Gasteiger partial charge in [-0.25, -0.2) is 4.79 Å². The Morgan fingerprint density at radius 1 is 0.703 bits per heavy atom. The predicted molar refractivity (Wildman–Crippen MR) is 137 cm³/mol. The summed E-state index contributed by atoms with van der Waals surface area (Å²) in [7, 11) is 0. The summed E-state index contributed by atoms with van der Waals surface area (Å²) in [6.07, 6.45) is -5.08. The van der Waals surface area contributed by atoms with Crippen LogP contribution in [0.1, 0.15) is 5.56 Å². The van der Waals surface area contributed by atoms with Gasteiger partial charge in [0.15, 0.2) is 0 Å². The van der Waals surface area contributed by atoms with Crippen molar-refractivity contribution in [1.29, 1.82) is 0 Å². The highest BCUT2D eigenvalue weighted by Gasteiger charge is 2.38. The summed E-state index contributed by atoms with van der Waals surface area (Å²) >= 11 is 0. The maximum absolute atomic E-state index is 13.2. The van der Waals surface area contributed by atoms with Crippen molar-refractivity contribution >= 4 is 23.3 Å². The lowest BCUT2D eigenvalue weighted by Gasteiger charge is -2.23. The average Bonchev–Trinajstić information content (AvgIpc) is 2.91. The van der Waals surface area contributed by atoms with Crippen LogP contribution < -0.4 is 10.2 Å². The van der Waals surface area contributed by atoms with E-state index in [1.807, 2.05) is 91.0 Å². The zero-order valence-electron chi connectivity index (χ0n) is 19.7. The van der Waals surface area contributed by atoms with E-state index in [4.69, 9.17) is 9.90 Å². The minimum absolute atomic E-state index is 0.00425. The number of nitrogens with zero attached hydrogens (tertiary/aromatic N) is 1. The van der Waals surface area contributed by atoms with Crippen LogP contribution in [0.2, 0.25) is 0 Å². The number of amides is 1. The molecule has 190 valence electrons. The summed E-state index contributed by atoms with van der Waals surface area (Å²) in [4.78, 5) is 23.8. The maximum atomic E-state index is 13.2. The van der Waals surface area contributed by atoms with E-state index < -0.39 is 12.1 Å². The fourth-order valence-corrected chi connectivity index (χ4v) is 3.55. The molecule has 0 saturated carbocycles. The second-order valence-electron chi connectivity index (χ2n) is 7.83. The first kappa shape index (κ1) is 27.2. The first-order valence-electron chi connectivity index (χ1n) is 11.3. The minimum Gasteiger partial charge on any atom is -0.475 e. The van der Waals surface area contributed by atoms with Gasteiger partial charge in [-0.1, -0.05) is 91.0 Å². The second kappa shape index (κ2) is 13.0. The van der Waals surface area contributed by atoms with Gasteiger partial charge in [0.05, 0.1) is 6.54 Å². The van der Waals surface area contributed by atoms with E-state index in [0.29, 0.717) is 6.54 Å². The van der Waals surface area contributed by atoms with Crippen LogP contribution in [0.25, 0.3) is 11.1 Å².